The van der Waals surface area contributed by atoms with Crippen molar-refractivity contribution < 1.29 is 18.0 Å². The fourth-order valence-corrected chi connectivity index (χ4v) is 3.50. The Hall–Kier alpha value is -3.89. The molecule has 0 atom stereocenters. The van der Waals surface area contributed by atoms with Crippen LogP contribution in [0.5, 0.6) is 0 Å². The second kappa shape index (κ2) is 10.4. The van der Waals surface area contributed by atoms with Crippen LogP contribution < -0.4 is 27.6 Å². The summed E-state index contributed by atoms with van der Waals surface area (Å²) in [6, 6.07) is 11.6. The average molecular weight is 470 g/mol. The van der Waals surface area contributed by atoms with E-state index in [2.05, 4.69) is 27.6 Å². The van der Waals surface area contributed by atoms with E-state index in [9.17, 15) is 18.0 Å². The number of halogens is 3. The molecule has 7 N–H and O–H groups in total. The second-order valence-electron chi connectivity index (χ2n) is 7.61. The molecule has 0 spiro atoms. The van der Waals surface area contributed by atoms with Gasteiger partial charge in [0.2, 0.25) is 0 Å². The second-order valence-corrected chi connectivity index (χ2v) is 7.61. The number of benzene rings is 2. The highest BCUT2D eigenvalue weighted by molar-refractivity contribution is 6.00. The predicted octanol–water partition coefficient (Wildman–Crippen LogP) is 4.66. The summed E-state index contributed by atoms with van der Waals surface area (Å²) in [5.41, 5.74) is 11.8. The number of nitrogens with two attached hydrogens (primary N) is 2. The SMILES string of the molecule is C=C(N)c1c(CCNN)ccnc1-c1ccc(NC(=O)Nc2ccc(C)c(C(F)(F)F)c2)cc1. The monoisotopic (exact) mass is 470 g/mol. The van der Waals surface area contributed by atoms with Crippen molar-refractivity contribution in [2.75, 3.05) is 17.2 Å². The standard InChI is InChI=1S/C24H25F3N6O/c1-14-3-6-19(13-20(14)24(25,26)27)33-23(34)32-18-7-4-17(5-8-18)22-21(15(2)28)16(9-11-30-22)10-12-31-29/h3-9,11,13,31H,2,10,12,28-29H2,1H3,(H2,32,33,34). The zero-order valence-electron chi connectivity index (χ0n) is 18.5. The van der Waals surface area contributed by atoms with E-state index in [0.29, 0.717) is 30.0 Å². The molecule has 0 aliphatic carbocycles. The Morgan fingerprint density at radius 2 is 1.71 bits per heavy atom. The molecule has 0 aliphatic rings. The van der Waals surface area contributed by atoms with Crippen molar-refractivity contribution in [2.45, 2.75) is 19.5 Å². The molecule has 0 saturated heterocycles. The third-order valence-electron chi connectivity index (χ3n) is 5.11. The van der Waals surface area contributed by atoms with Crippen molar-refractivity contribution in [1.29, 1.82) is 0 Å². The van der Waals surface area contributed by atoms with Crippen molar-refractivity contribution >= 4 is 23.1 Å². The maximum absolute atomic E-state index is 13.1. The first-order chi connectivity index (χ1) is 16.1. The van der Waals surface area contributed by atoms with Crippen LogP contribution in [0.2, 0.25) is 0 Å². The van der Waals surface area contributed by atoms with Gasteiger partial charge in [0.25, 0.3) is 0 Å². The van der Waals surface area contributed by atoms with Crippen LogP contribution in [0, 0.1) is 6.92 Å². The number of nitrogens with one attached hydrogen (secondary N) is 3. The average Bonchev–Trinajstić information content (AvgIpc) is 2.78. The summed E-state index contributed by atoms with van der Waals surface area (Å²) in [4.78, 5) is 16.7. The van der Waals surface area contributed by atoms with Crippen LogP contribution in [0.25, 0.3) is 17.0 Å². The molecule has 0 aliphatic heterocycles. The Balaban J connectivity index is 1.76. The number of carbonyl (C=O) groups is 1. The van der Waals surface area contributed by atoms with E-state index in [-0.39, 0.29) is 11.3 Å². The number of aryl methyl sites for hydroxylation is 1. The first-order valence-electron chi connectivity index (χ1n) is 10.3. The number of urea groups is 1. The lowest BCUT2D eigenvalue weighted by molar-refractivity contribution is -0.138. The topological polar surface area (TPSA) is 118 Å². The number of carbonyl (C=O) groups excluding carboxylic acids is 1. The molecule has 178 valence electrons. The van der Waals surface area contributed by atoms with Crippen molar-refractivity contribution in [3.63, 3.8) is 0 Å². The van der Waals surface area contributed by atoms with E-state index < -0.39 is 17.8 Å². The number of pyridine rings is 1. The summed E-state index contributed by atoms with van der Waals surface area (Å²) >= 11 is 0. The molecule has 34 heavy (non-hydrogen) atoms. The van der Waals surface area contributed by atoms with Gasteiger partial charge in [-0.25, -0.2) is 4.79 Å². The quantitative estimate of drug-likeness (QED) is 0.254. The van der Waals surface area contributed by atoms with Gasteiger partial charge in [-0.2, -0.15) is 13.2 Å². The van der Waals surface area contributed by atoms with Gasteiger partial charge in [-0.3, -0.25) is 16.3 Å². The van der Waals surface area contributed by atoms with E-state index in [1.807, 2.05) is 6.07 Å². The lowest BCUT2D eigenvalue weighted by Crippen LogP contribution is -2.24. The molecule has 1 aromatic heterocycles. The predicted molar refractivity (Wildman–Crippen MR) is 128 cm³/mol. The minimum Gasteiger partial charge on any atom is -0.399 e. The van der Waals surface area contributed by atoms with Crippen LogP contribution >= 0.6 is 0 Å². The van der Waals surface area contributed by atoms with Crippen LogP contribution in [0.4, 0.5) is 29.3 Å². The number of anilines is 2. The Kier molecular flexibility index (Phi) is 7.54. The van der Waals surface area contributed by atoms with Gasteiger partial charge in [-0.15, -0.1) is 0 Å². The first-order valence-corrected chi connectivity index (χ1v) is 10.3. The van der Waals surface area contributed by atoms with Crippen LogP contribution in [0.3, 0.4) is 0 Å². The Morgan fingerprint density at radius 1 is 1.06 bits per heavy atom. The molecule has 0 bridgehead atoms. The summed E-state index contributed by atoms with van der Waals surface area (Å²) < 4.78 is 39.3. The van der Waals surface area contributed by atoms with E-state index in [1.165, 1.54) is 19.1 Å². The molecule has 0 radical (unpaired) electrons. The molecule has 0 saturated carbocycles. The van der Waals surface area contributed by atoms with E-state index in [0.717, 1.165) is 22.8 Å². The third-order valence-corrected chi connectivity index (χ3v) is 5.11. The summed E-state index contributed by atoms with van der Waals surface area (Å²) in [6.07, 6.45) is -2.20. The molecule has 2 aromatic carbocycles. The van der Waals surface area contributed by atoms with Gasteiger partial charge in [0, 0.05) is 40.9 Å². The van der Waals surface area contributed by atoms with E-state index >= 15 is 0 Å². The minimum absolute atomic E-state index is 0.0335. The molecule has 7 nitrogen and oxygen atoms in total. The zero-order valence-corrected chi connectivity index (χ0v) is 18.5. The number of amides is 2. The van der Waals surface area contributed by atoms with Gasteiger partial charge in [0.15, 0.2) is 0 Å². The lowest BCUT2D eigenvalue weighted by Gasteiger charge is -2.15. The summed E-state index contributed by atoms with van der Waals surface area (Å²) in [7, 11) is 0. The molecule has 10 heteroatoms. The van der Waals surface area contributed by atoms with Crippen molar-refractivity contribution in [2.24, 2.45) is 11.6 Å². The summed E-state index contributed by atoms with van der Waals surface area (Å²) in [5, 5.41) is 5.02. The van der Waals surface area contributed by atoms with Crippen LogP contribution in [0.15, 0.2) is 61.3 Å². The molecule has 3 rings (SSSR count). The smallest absolute Gasteiger partial charge is 0.399 e. The highest BCUT2D eigenvalue weighted by atomic mass is 19.4. The molecule has 1 heterocycles. The normalized spacial score (nSPS) is 11.2. The molecule has 0 unspecified atom stereocenters. The highest BCUT2D eigenvalue weighted by Gasteiger charge is 2.32. The summed E-state index contributed by atoms with van der Waals surface area (Å²) in [5.74, 6) is 5.38. The van der Waals surface area contributed by atoms with E-state index in [1.54, 1.807) is 30.5 Å². The minimum atomic E-state index is -4.51. The lowest BCUT2D eigenvalue weighted by atomic mass is 9.97. The number of nitrogens with zero attached hydrogens (tertiary/aromatic N) is 1. The molecule has 3 aromatic rings. The number of hydrazine groups is 1. The molecular formula is C24H25F3N6O. The summed E-state index contributed by atoms with van der Waals surface area (Å²) in [6.45, 7) is 5.76. The van der Waals surface area contributed by atoms with Gasteiger partial charge in [0.05, 0.1) is 11.3 Å². The van der Waals surface area contributed by atoms with E-state index in [4.69, 9.17) is 11.6 Å². The highest BCUT2D eigenvalue weighted by Crippen LogP contribution is 2.33. The largest absolute Gasteiger partial charge is 0.416 e. The van der Waals surface area contributed by atoms with Gasteiger partial charge in [-0.05, 0) is 54.8 Å². The van der Waals surface area contributed by atoms with Crippen molar-refractivity contribution in [1.82, 2.24) is 10.4 Å². The van der Waals surface area contributed by atoms with Gasteiger partial charge in [-0.1, -0.05) is 24.8 Å². The number of hydrogen-bond donors (Lipinski definition) is 5. The Bertz CT molecular complexity index is 1190. The number of aromatic nitrogens is 1. The Labute approximate surface area is 195 Å². The fraction of sp³-hybridized carbons (Fsp3) is 0.167. The number of hydrogen-bond acceptors (Lipinski definition) is 5. The first kappa shape index (κ1) is 24.7. The number of rotatable bonds is 7. The van der Waals surface area contributed by atoms with Gasteiger partial charge < -0.3 is 16.4 Å². The molecule has 0 fully saturated rings. The maximum Gasteiger partial charge on any atom is 0.416 e. The maximum atomic E-state index is 13.1. The zero-order chi connectivity index (χ0) is 24.9. The van der Waals surface area contributed by atoms with Gasteiger partial charge >= 0.3 is 12.2 Å². The van der Waals surface area contributed by atoms with Crippen molar-refractivity contribution in [3.05, 3.63) is 83.6 Å². The van der Waals surface area contributed by atoms with Crippen LogP contribution in [0.1, 0.15) is 22.3 Å². The van der Waals surface area contributed by atoms with Crippen LogP contribution in [-0.4, -0.2) is 17.6 Å². The van der Waals surface area contributed by atoms with Crippen molar-refractivity contribution in [3.8, 4) is 11.3 Å². The fourth-order valence-electron chi connectivity index (χ4n) is 3.50. The van der Waals surface area contributed by atoms with Gasteiger partial charge in [0.1, 0.15) is 0 Å². The van der Waals surface area contributed by atoms with Crippen LogP contribution in [-0.2, 0) is 12.6 Å². The molecular weight excluding hydrogens is 445 g/mol. The number of alkyl halides is 3. The molecule has 2 amide bonds. The Morgan fingerprint density at radius 3 is 2.32 bits per heavy atom. The third kappa shape index (κ3) is 5.91.